The Bertz CT molecular complexity index is 1090. The summed E-state index contributed by atoms with van der Waals surface area (Å²) in [7, 11) is 1.52. The minimum absolute atomic E-state index is 0.101. The van der Waals surface area contributed by atoms with Crippen LogP contribution in [0, 0.1) is 13.8 Å². The Labute approximate surface area is 186 Å². The number of nitrogens with one attached hydrogen (secondary N) is 2. The van der Waals surface area contributed by atoms with Crippen LogP contribution in [0.2, 0.25) is 0 Å². The normalized spacial score (nSPS) is 10.5. The zero-order valence-electron chi connectivity index (χ0n) is 18.6. The first-order chi connectivity index (χ1) is 15.4. The summed E-state index contributed by atoms with van der Waals surface area (Å²) in [5, 5.41) is 13.7. The number of aromatic nitrogens is 3. The van der Waals surface area contributed by atoms with E-state index in [9.17, 15) is 9.59 Å². The van der Waals surface area contributed by atoms with Crippen molar-refractivity contribution in [2.24, 2.45) is 0 Å². The van der Waals surface area contributed by atoms with Crippen LogP contribution in [0.5, 0.6) is 11.5 Å². The van der Waals surface area contributed by atoms with Crippen LogP contribution in [0.15, 0.2) is 42.5 Å². The third kappa shape index (κ3) is 5.42. The van der Waals surface area contributed by atoms with E-state index in [1.165, 1.54) is 7.11 Å². The molecule has 0 bridgehead atoms. The summed E-state index contributed by atoms with van der Waals surface area (Å²) in [4.78, 5) is 24.3. The molecule has 0 aliphatic rings. The minimum atomic E-state index is -0.323. The standard InChI is InChI=1S/C23H27N5O4/c1-5-24-21(29)14-32-19-11-8-17(12-20(19)31-4)13-25-23(30)22-16(3)28(27-26-22)18-9-6-15(2)7-10-18/h6-12H,5,13-14H2,1-4H3,(H,24,29)(H,25,30). The van der Waals surface area contributed by atoms with Crippen LogP contribution in [0.1, 0.15) is 34.2 Å². The molecule has 0 aliphatic carbocycles. The van der Waals surface area contributed by atoms with Crippen LogP contribution in [0.3, 0.4) is 0 Å². The summed E-state index contributed by atoms with van der Waals surface area (Å²) < 4.78 is 12.5. The highest BCUT2D eigenvalue weighted by Gasteiger charge is 2.17. The van der Waals surface area contributed by atoms with Crippen LogP contribution in [-0.2, 0) is 11.3 Å². The monoisotopic (exact) mass is 437 g/mol. The maximum Gasteiger partial charge on any atom is 0.274 e. The van der Waals surface area contributed by atoms with E-state index >= 15 is 0 Å². The smallest absolute Gasteiger partial charge is 0.274 e. The van der Waals surface area contributed by atoms with E-state index < -0.39 is 0 Å². The molecule has 0 aliphatic heterocycles. The molecule has 3 rings (SSSR count). The van der Waals surface area contributed by atoms with E-state index in [1.54, 1.807) is 29.8 Å². The highest BCUT2D eigenvalue weighted by molar-refractivity contribution is 5.93. The van der Waals surface area contributed by atoms with Gasteiger partial charge in [-0.05, 0) is 50.6 Å². The fraction of sp³-hybridized carbons (Fsp3) is 0.304. The molecule has 1 aromatic heterocycles. The van der Waals surface area contributed by atoms with Crippen molar-refractivity contribution in [3.63, 3.8) is 0 Å². The Hall–Kier alpha value is -3.88. The number of carbonyl (C=O) groups excluding carboxylic acids is 2. The lowest BCUT2D eigenvalue weighted by atomic mass is 10.2. The summed E-state index contributed by atoms with van der Waals surface area (Å²) in [5.41, 5.74) is 3.70. The Morgan fingerprint density at radius 1 is 1.03 bits per heavy atom. The molecule has 1 heterocycles. The van der Waals surface area contributed by atoms with Crippen molar-refractivity contribution in [2.75, 3.05) is 20.3 Å². The van der Waals surface area contributed by atoms with E-state index in [2.05, 4.69) is 20.9 Å². The molecular weight excluding hydrogens is 410 g/mol. The zero-order chi connectivity index (χ0) is 23.1. The number of hydrogen-bond acceptors (Lipinski definition) is 6. The van der Waals surface area contributed by atoms with Crippen molar-refractivity contribution in [3.05, 3.63) is 65.0 Å². The molecule has 2 amide bonds. The number of benzene rings is 2. The van der Waals surface area contributed by atoms with E-state index in [4.69, 9.17) is 9.47 Å². The first-order valence-electron chi connectivity index (χ1n) is 10.3. The second-order valence-corrected chi connectivity index (χ2v) is 7.18. The van der Waals surface area contributed by atoms with Crippen LogP contribution < -0.4 is 20.1 Å². The predicted octanol–water partition coefficient (Wildman–Crippen LogP) is 2.34. The van der Waals surface area contributed by atoms with Gasteiger partial charge in [-0.2, -0.15) is 0 Å². The maximum atomic E-state index is 12.7. The van der Waals surface area contributed by atoms with Crippen molar-refractivity contribution >= 4 is 11.8 Å². The van der Waals surface area contributed by atoms with Gasteiger partial charge in [-0.1, -0.05) is 29.0 Å². The number of aryl methyl sites for hydroxylation is 1. The third-order valence-electron chi connectivity index (χ3n) is 4.80. The lowest BCUT2D eigenvalue weighted by Gasteiger charge is -2.12. The van der Waals surface area contributed by atoms with Crippen LogP contribution in [0.25, 0.3) is 5.69 Å². The summed E-state index contributed by atoms with van der Waals surface area (Å²) in [5.74, 6) is 0.393. The fourth-order valence-electron chi connectivity index (χ4n) is 3.07. The van der Waals surface area contributed by atoms with Crippen molar-refractivity contribution in [1.29, 1.82) is 0 Å². The molecule has 2 N–H and O–H groups in total. The van der Waals surface area contributed by atoms with Crippen molar-refractivity contribution in [3.8, 4) is 17.2 Å². The number of hydrogen-bond donors (Lipinski definition) is 2. The number of nitrogens with zero attached hydrogens (tertiary/aromatic N) is 3. The number of ether oxygens (including phenoxy) is 2. The quantitative estimate of drug-likeness (QED) is 0.532. The van der Waals surface area contributed by atoms with E-state index in [-0.39, 0.29) is 30.7 Å². The van der Waals surface area contributed by atoms with Gasteiger partial charge in [-0.15, -0.1) is 5.10 Å². The molecule has 0 spiro atoms. The van der Waals surface area contributed by atoms with Crippen molar-refractivity contribution in [1.82, 2.24) is 25.6 Å². The SMILES string of the molecule is CCNC(=O)COc1ccc(CNC(=O)c2nnn(-c3ccc(C)cc3)c2C)cc1OC. The molecule has 0 fully saturated rings. The lowest BCUT2D eigenvalue weighted by molar-refractivity contribution is -0.123. The number of methoxy groups -OCH3 is 1. The number of rotatable bonds is 9. The van der Waals surface area contributed by atoms with Crippen LogP contribution in [0.4, 0.5) is 0 Å². The van der Waals surface area contributed by atoms with Gasteiger partial charge in [-0.25, -0.2) is 4.68 Å². The third-order valence-corrected chi connectivity index (χ3v) is 4.80. The van der Waals surface area contributed by atoms with Gasteiger partial charge >= 0.3 is 0 Å². The molecule has 168 valence electrons. The zero-order valence-corrected chi connectivity index (χ0v) is 18.6. The fourth-order valence-corrected chi connectivity index (χ4v) is 3.07. The maximum absolute atomic E-state index is 12.7. The van der Waals surface area contributed by atoms with Crippen molar-refractivity contribution in [2.45, 2.75) is 27.3 Å². The molecule has 0 unspecified atom stereocenters. The molecular formula is C23H27N5O4. The Morgan fingerprint density at radius 3 is 2.47 bits per heavy atom. The Kier molecular flexibility index (Phi) is 7.43. The largest absolute Gasteiger partial charge is 0.493 e. The number of amides is 2. The van der Waals surface area contributed by atoms with Crippen molar-refractivity contribution < 1.29 is 19.1 Å². The van der Waals surface area contributed by atoms with Gasteiger partial charge in [0.25, 0.3) is 11.8 Å². The summed E-state index contributed by atoms with van der Waals surface area (Å²) in [6.07, 6.45) is 0. The molecule has 9 nitrogen and oxygen atoms in total. The molecule has 32 heavy (non-hydrogen) atoms. The van der Waals surface area contributed by atoms with E-state index in [1.807, 2.05) is 38.1 Å². The molecule has 0 saturated heterocycles. The highest BCUT2D eigenvalue weighted by Crippen LogP contribution is 2.28. The van der Waals surface area contributed by atoms with Gasteiger partial charge in [0, 0.05) is 13.1 Å². The van der Waals surface area contributed by atoms with Gasteiger partial charge in [0.2, 0.25) is 0 Å². The van der Waals surface area contributed by atoms with Gasteiger partial charge in [0.05, 0.1) is 18.5 Å². The van der Waals surface area contributed by atoms with Gasteiger partial charge in [0.15, 0.2) is 23.8 Å². The summed E-state index contributed by atoms with van der Waals surface area (Å²) in [6.45, 7) is 6.35. The Morgan fingerprint density at radius 2 is 1.78 bits per heavy atom. The molecule has 0 saturated carbocycles. The molecule has 3 aromatic rings. The Balaban J connectivity index is 1.64. The summed E-state index contributed by atoms with van der Waals surface area (Å²) in [6, 6.07) is 13.1. The van der Waals surface area contributed by atoms with Gasteiger partial charge in [0.1, 0.15) is 0 Å². The molecule has 2 aromatic carbocycles. The van der Waals surface area contributed by atoms with Gasteiger partial charge < -0.3 is 20.1 Å². The average Bonchev–Trinajstić information content (AvgIpc) is 3.18. The average molecular weight is 438 g/mol. The van der Waals surface area contributed by atoms with Gasteiger partial charge in [-0.3, -0.25) is 9.59 Å². The first kappa shape index (κ1) is 22.8. The number of likely N-dealkylation sites (N-methyl/N-ethyl adjacent to an activating group) is 1. The van der Waals surface area contributed by atoms with Crippen LogP contribution in [-0.4, -0.2) is 47.1 Å². The second kappa shape index (κ2) is 10.4. The minimum Gasteiger partial charge on any atom is -0.493 e. The van der Waals surface area contributed by atoms with Crippen LogP contribution >= 0.6 is 0 Å². The molecule has 0 radical (unpaired) electrons. The van der Waals surface area contributed by atoms with E-state index in [0.29, 0.717) is 23.7 Å². The first-order valence-corrected chi connectivity index (χ1v) is 10.3. The molecule has 0 atom stereocenters. The second-order valence-electron chi connectivity index (χ2n) is 7.18. The highest BCUT2D eigenvalue weighted by atomic mass is 16.5. The van der Waals surface area contributed by atoms with E-state index in [0.717, 1.165) is 16.8 Å². The predicted molar refractivity (Wildman–Crippen MR) is 119 cm³/mol. The topological polar surface area (TPSA) is 107 Å². The molecule has 9 heteroatoms. The number of carbonyl (C=O) groups is 2. The lowest BCUT2D eigenvalue weighted by Crippen LogP contribution is -2.28. The summed E-state index contributed by atoms with van der Waals surface area (Å²) >= 11 is 0.